The summed E-state index contributed by atoms with van der Waals surface area (Å²) in [6, 6.07) is 7.59. The minimum absolute atomic E-state index is 0.112. The van der Waals surface area contributed by atoms with Crippen LogP contribution in [0, 0.1) is 23.7 Å². The first-order valence-electron chi connectivity index (χ1n) is 13.5. The summed E-state index contributed by atoms with van der Waals surface area (Å²) in [5, 5.41) is 0. The van der Waals surface area contributed by atoms with Crippen LogP contribution in [0.1, 0.15) is 78.9 Å². The average molecular weight is 505 g/mol. The zero-order chi connectivity index (χ0) is 25.7. The van der Waals surface area contributed by atoms with E-state index in [4.69, 9.17) is 33.5 Å². The Labute approximate surface area is 213 Å². The topological polar surface area (TPSA) is 81.7 Å². The van der Waals surface area contributed by atoms with Crippen molar-refractivity contribution in [2.45, 2.75) is 103 Å². The molecule has 4 saturated heterocycles. The van der Waals surface area contributed by atoms with Crippen LogP contribution in [0.15, 0.2) is 24.3 Å². The van der Waals surface area contributed by atoms with Gasteiger partial charge in [0.05, 0.1) is 12.7 Å². The zero-order valence-corrected chi connectivity index (χ0v) is 22.2. The van der Waals surface area contributed by atoms with Crippen molar-refractivity contribution >= 4 is 5.97 Å². The molecule has 5 fully saturated rings. The fourth-order valence-corrected chi connectivity index (χ4v) is 6.64. The number of rotatable bonds is 7. The molecule has 1 aromatic rings. The molecule has 0 radical (unpaired) electrons. The molecule has 8 heteroatoms. The highest BCUT2D eigenvalue weighted by Gasteiger charge is 2.69. The molecule has 6 rings (SSSR count). The van der Waals surface area contributed by atoms with E-state index >= 15 is 0 Å². The van der Waals surface area contributed by atoms with Crippen LogP contribution in [-0.4, -0.2) is 42.6 Å². The van der Waals surface area contributed by atoms with Crippen molar-refractivity contribution in [2.24, 2.45) is 23.7 Å². The maximum absolute atomic E-state index is 11.8. The van der Waals surface area contributed by atoms with Crippen molar-refractivity contribution in [1.82, 2.24) is 0 Å². The Bertz CT molecular complexity index is 936. The first kappa shape index (κ1) is 25.9. The molecule has 1 saturated carbocycles. The third-order valence-electron chi connectivity index (χ3n) is 8.72. The Hall–Kier alpha value is -1.71. The standard InChI is InChI=1S/C28H40O8/c1-7-30-24(29)19(5)31-21-11-9-20(10-12-21)18(4)32-25-17(3)23-13-8-16(2)22-14-15-27(6)34-26(33-25)28(22,23)36-35-27/h9-12,16-19,22-23,25-26H,7-8,13-15H2,1-6H3/t16-,17-,18?,19?,22?,23?,25?,26?,27+,28-/m1/s1. The van der Waals surface area contributed by atoms with Gasteiger partial charge < -0.3 is 23.7 Å². The fraction of sp³-hybridized carbons (Fsp3) is 0.750. The second-order valence-electron chi connectivity index (χ2n) is 11.1. The summed E-state index contributed by atoms with van der Waals surface area (Å²) in [4.78, 5) is 24.0. The Morgan fingerprint density at radius 2 is 1.83 bits per heavy atom. The van der Waals surface area contributed by atoms with E-state index in [0.717, 1.165) is 31.2 Å². The predicted octanol–water partition coefficient (Wildman–Crippen LogP) is 5.30. The lowest BCUT2D eigenvalue weighted by molar-refractivity contribution is -0.578. The third-order valence-corrected chi connectivity index (χ3v) is 8.72. The quantitative estimate of drug-likeness (QED) is 0.365. The van der Waals surface area contributed by atoms with E-state index in [0.29, 0.717) is 24.2 Å². The molecule has 2 bridgehead atoms. The van der Waals surface area contributed by atoms with Crippen molar-refractivity contribution in [1.29, 1.82) is 0 Å². The first-order valence-corrected chi connectivity index (χ1v) is 13.5. The first-order chi connectivity index (χ1) is 17.2. The smallest absolute Gasteiger partial charge is 0.347 e. The van der Waals surface area contributed by atoms with Crippen molar-refractivity contribution in [3.63, 3.8) is 0 Å². The molecule has 5 aliphatic rings. The van der Waals surface area contributed by atoms with Crippen LogP contribution < -0.4 is 4.74 Å². The highest BCUT2D eigenvalue weighted by Crippen LogP contribution is 2.60. The summed E-state index contributed by atoms with van der Waals surface area (Å²) >= 11 is 0. The van der Waals surface area contributed by atoms with Crippen LogP contribution >= 0.6 is 0 Å². The number of ether oxygens (including phenoxy) is 5. The number of hydrogen-bond acceptors (Lipinski definition) is 8. The van der Waals surface area contributed by atoms with E-state index in [9.17, 15) is 4.79 Å². The molecule has 36 heavy (non-hydrogen) atoms. The van der Waals surface area contributed by atoms with Gasteiger partial charge >= 0.3 is 5.97 Å². The normalized spacial score (nSPS) is 41.1. The van der Waals surface area contributed by atoms with E-state index in [1.165, 1.54) is 0 Å². The molecule has 4 heterocycles. The van der Waals surface area contributed by atoms with Crippen LogP contribution in [0.5, 0.6) is 5.75 Å². The Morgan fingerprint density at radius 1 is 1.08 bits per heavy atom. The second kappa shape index (κ2) is 9.87. The lowest BCUT2D eigenvalue weighted by atomic mass is 9.58. The molecule has 0 amide bonds. The molecule has 0 N–H and O–H groups in total. The van der Waals surface area contributed by atoms with Crippen LogP contribution in [0.3, 0.4) is 0 Å². The van der Waals surface area contributed by atoms with Crippen molar-refractivity contribution in [3.8, 4) is 5.75 Å². The van der Waals surface area contributed by atoms with Gasteiger partial charge in [0.2, 0.25) is 5.79 Å². The Kier molecular flexibility index (Phi) is 7.11. The summed E-state index contributed by atoms with van der Waals surface area (Å²) in [5.41, 5.74) is 0.400. The lowest BCUT2D eigenvalue weighted by Gasteiger charge is -2.60. The van der Waals surface area contributed by atoms with E-state index in [1.807, 2.05) is 38.1 Å². The Morgan fingerprint density at radius 3 is 2.56 bits per heavy atom. The Balaban J connectivity index is 1.29. The SMILES string of the molecule is CCOC(=O)C(C)Oc1ccc(C(C)OC2OC3O[C@]4(C)CCC5[C@H](C)CCC([C@H]2C)[C@@]35OO4)cc1. The third kappa shape index (κ3) is 4.45. The summed E-state index contributed by atoms with van der Waals surface area (Å²) in [5.74, 6) is 0.610. The largest absolute Gasteiger partial charge is 0.479 e. The minimum atomic E-state index is -0.801. The van der Waals surface area contributed by atoms with Gasteiger partial charge in [0.25, 0.3) is 0 Å². The van der Waals surface area contributed by atoms with Gasteiger partial charge in [-0.25, -0.2) is 14.6 Å². The van der Waals surface area contributed by atoms with Gasteiger partial charge in [0, 0.05) is 18.3 Å². The summed E-state index contributed by atoms with van der Waals surface area (Å²) in [6.07, 6.45) is 2.15. The predicted molar refractivity (Wildman–Crippen MR) is 129 cm³/mol. The molecular weight excluding hydrogens is 464 g/mol. The summed E-state index contributed by atoms with van der Waals surface area (Å²) in [7, 11) is 0. The highest BCUT2D eigenvalue weighted by atomic mass is 17.3. The van der Waals surface area contributed by atoms with Gasteiger partial charge in [-0.15, -0.1) is 0 Å². The molecule has 200 valence electrons. The van der Waals surface area contributed by atoms with Gasteiger partial charge in [-0.2, -0.15) is 0 Å². The maximum atomic E-state index is 11.8. The van der Waals surface area contributed by atoms with Crippen molar-refractivity contribution in [2.75, 3.05) is 6.61 Å². The number of esters is 1. The van der Waals surface area contributed by atoms with E-state index in [-0.39, 0.29) is 23.9 Å². The monoisotopic (exact) mass is 504 g/mol. The van der Waals surface area contributed by atoms with Crippen LogP contribution in [0.2, 0.25) is 0 Å². The highest BCUT2D eigenvalue weighted by molar-refractivity contribution is 5.74. The number of carbonyl (C=O) groups is 1. The number of hydrogen-bond donors (Lipinski definition) is 0. The molecular formula is C28H40O8. The minimum Gasteiger partial charge on any atom is -0.479 e. The lowest BCUT2D eigenvalue weighted by Crippen LogP contribution is -2.70. The van der Waals surface area contributed by atoms with E-state index < -0.39 is 30.1 Å². The van der Waals surface area contributed by atoms with Gasteiger partial charge in [0.1, 0.15) is 5.75 Å². The molecule has 1 aromatic carbocycles. The van der Waals surface area contributed by atoms with Gasteiger partial charge in [0.15, 0.2) is 24.3 Å². The molecule has 8 nitrogen and oxygen atoms in total. The van der Waals surface area contributed by atoms with Crippen LogP contribution in [0.4, 0.5) is 0 Å². The van der Waals surface area contributed by atoms with E-state index in [2.05, 4.69) is 13.8 Å². The van der Waals surface area contributed by atoms with Crippen molar-refractivity contribution < 1.29 is 38.3 Å². The van der Waals surface area contributed by atoms with Crippen LogP contribution in [-0.2, 0) is 33.5 Å². The van der Waals surface area contributed by atoms with Gasteiger partial charge in [-0.1, -0.05) is 26.0 Å². The summed E-state index contributed by atoms with van der Waals surface area (Å²) < 4.78 is 30.2. The van der Waals surface area contributed by atoms with Crippen molar-refractivity contribution in [3.05, 3.63) is 29.8 Å². The molecule has 10 atom stereocenters. The van der Waals surface area contributed by atoms with Gasteiger partial charge in [-0.3, -0.25) is 0 Å². The average Bonchev–Trinajstić information content (AvgIpc) is 3.08. The zero-order valence-electron chi connectivity index (χ0n) is 22.2. The molecule has 0 aromatic heterocycles. The number of fused-ring (bicyclic) bond motifs is 2. The summed E-state index contributed by atoms with van der Waals surface area (Å²) in [6.45, 7) is 12.2. The number of carbonyl (C=O) groups excluding carboxylic acids is 1. The molecule has 1 aliphatic carbocycles. The molecule has 4 aliphatic heterocycles. The van der Waals surface area contributed by atoms with E-state index in [1.54, 1.807) is 13.8 Å². The molecule has 1 spiro atoms. The fourth-order valence-electron chi connectivity index (χ4n) is 6.64. The molecule has 6 unspecified atom stereocenters. The maximum Gasteiger partial charge on any atom is 0.347 e. The van der Waals surface area contributed by atoms with Crippen LogP contribution in [0.25, 0.3) is 0 Å². The number of benzene rings is 1. The second-order valence-corrected chi connectivity index (χ2v) is 11.1. The van der Waals surface area contributed by atoms with Gasteiger partial charge in [-0.05, 0) is 76.5 Å².